The Labute approximate surface area is 205 Å². The number of nitrogens with zero attached hydrogens (tertiary/aromatic N) is 3. The van der Waals surface area contributed by atoms with Crippen LogP contribution < -0.4 is 0 Å². The third kappa shape index (κ3) is 5.92. The van der Waals surface area contributed by atoms with Crippen molar-refractivity contribution in [3.8, 4) is 0 Å². The van der Waals surface area contributed by atoms with Gasteiger partial charge in [-0.15, -0.1) is 0 Å². The third-order valence-electron chi connectivity index (χ3n) is 6.90. The summed E-state index contributed by atoms with van der Waals surface area (Å²) in [6.07, 6.45) is 6.94. The van der Waals surface area contributed by atoms with Gasteiger partial charge in [0.2, 0.25) is 20.9 Å². The number of amides is 1. The first-order valence-electron chi connectivity index (χ1n) is 12.4. The number of imidazole rings is 1. The zero-order valence-electron chi connectivity index (χ0n) is 19.8. The van der Waals surface area contributed by atoms with Crippen molar-refractivity contribution < 1.29 is 27.1 Å². The minimum atomic E-state index is -3.81. The molecule has 1 aromatic carbocycles. The molecule has 3 aliphatic rings. The van der Waals surface area contributed by atoms with E-state index in [9.17, 15) is 17.6 Å². The van der Waals surface area contributed by atoms with Crippen LogP contribution in [0.3, 0.4) is 0 Å². The smallest absolute Gasteiger partial charge is 0.228 e. The number of ether oxygens (including phenoxy) is 2. The topological polar surface area (TPSA) is 90.7 Å². The molecule has 3 fully saturated rings. The predicted octanol–water partition coefficient (Wildman–Crippen LogP) is 3.09. The van der Waals surface area contributed by atoms with Gasteiger partial charge in [0.15, 0.2) is 0 Å². The number of benzene rings is 1. The number of rotatable bonds is 10. The summed E-state index contributed by atoms with van der Waals surface area (Å²) in [5.41, 5.74) is 1.16. The van der Waals surface area contributed by atoms with E-state index in [2.05, 4.69) is 4.98 Å². The zero-order chi connectivity index (χ0) is 24.4. The van der Waals surface area contributed by atoms with Crippen LogP contribution in [0.2, 0.25) is 0 Å². The largest absolute Gasteiger partial charge is 0.376 e. The van der Waals surface area contributed by atoms with Crippen LogP contribution in [-0.4, -0.2) is 60.7 Å². The lowest BCUT2D eigenvalue weighted by Gasteiger charge is -2.26. The number of aromatic nitrogens is 2. The van der Waals surface area contributed by atoms with E-state index in [0.717, 1.165) is 38.5 Å². The van der Waals surface area contributed by atoms with Crippen molar-refractivity contribution >= 4 is 15.7 Å². The maximum absolute atomic E-state index is 13.4. The van der Waals surface area contributed by atoms with Gasteiger partial charge in [0.05, 0.1) is 42.9 Å². The van der Waals surface area contributed by atoms with Crippen LogP contribution in [0, 0.1) is 11.7 Å². The lowest BCUT2D eigenvalue weighted by molar-refractivity contribution is -0.134. The van der Waals surface area contributed by atoms with Gasteiger partial charge >= 0.3 is 0 Å². The Bertz CT molecular complexity index is 1130. The second-order valence-electron chi connectivity index (χ2n) is 9.79. The van der Waals surface area contributed by atoms with Crippen LogP contribution in [0.1, 0.15) is 49.8 Å². The van der Waals surface area contributed by atoms with E-state index in [0.29, 0.717) is 37.6 Å². The molecule has 3 heterocycles. The fraction of sp³-hybridized carbons (Fsp3) is 0.600. The zero-order valence-corrected chi connectivity index (χ0v) is 20.6. The summed E-state index contributed by atoms with van der Waals surface area (Å²) >= 11 is 0. The summed E-state index contributed by atoms with van der Waals surface area (Å²) in [6.45, 7) is 2.49. The van der Waals surface area contributed by atoms with Crippen LogP contribution in [0.5, 0.6) is 0 Å². The van der Waals surface area contributed by atoms with E-state index in [1.165, 1.54) is 24.3 Å². The van der Waals surface area contributed by atoms with Crippen molar-refractivity contribution in [3.63, 3.8) is 0 Å². The van der Waals surface area contributed by atoms with Crippen molar-refractivity contribution in [1.82, 2.24) is 14.5 Å². The van der Waals surface area contributed by atoms with Gasteiger partial charge in [-0.05, 0) is 56.2 Å². The highest BCUT2D eigenvalue weighted by molar-refractivity contribution is 7.90. The van der Waals surface area contributed by atoms with Crippen molar-refractivity contribution in [2.24, 2.45) is 5.92 Å². The maximum atomic E-state index is 13.4. The first-order valence-corrected chi connectivity index (χ1v) is 14.1. The summed E-state index contributed by atoms with van der Waals surface area (Å²) in [6, 6.07) is 5.45. The first-order chi connectivity index (χ1) is 16.9. The number of hydrogen-bond acceptors (Lipinski definition) is 6. The molecule has 0 radical (unpaired) electrons. The van der Waals surface area contributed by atoms with Gasteiger partial charge in [0.25, 0.3) is 0 Å². The fourth-order valence-electron chi connectivity index (χ4n) is 4.87. The average molecular weight is 506 g/mol. The summed E-state index contributed by atoms with van der Waals surface area (Å²) in [7, 11) is -3.81. The Balaban J connectivity index is 1.42. The minimum Gasteiger partial charge on any atom is -0.376 e. The van der Waals surface area contributed by atoms with E-state index < -0.39 is 15.7 Å². The Morgan fingerprint density at radius 2 is 1.74 bits per heavy atom. The van der Waals surface area contributed by atoms with E-state index >= 15 is 0 Å². The second-order valence-corrected chi connectivity index (χ2v) is 11.7. The highest BCUT2D eigenvalue weighted by Crippen LogP contribution is 2.32. The summed E-state index contributed by atoms with van der Waals surface area (Å²) in [5, 5.41) is -0.0386. The van der Waals surface area contributed by atoms with Gasteiger partial charge in [0, 0.05) is 25.7 Å². The monoisotopic (exact) mass is 505 g/mol. The van der Waals surface area contributed by atoms with Gasteiger partial charge < -0.3 is 18.9 Å². The molecule has 2 aliphatic heterocycles. The van der Waals surface area contributed by atoms with Gasteiger partial charge in [0.1, 0.15) is 5.82 Å². The minimum absolute atomic E-state index is 0.00826. The molecule has 1 aromatic heterocycles. The van der Waals surface area contributed by atoms with Crippen LogP contribution in [-0.2, 0) is 42.9 Å². The predicted molar refractivity (Wildman–Crippen MR) is 126 cm³/mol. The normalized spacial score (nSPS) is 22.5. The lowest BCUT2D eigenvalue weighted by Crippen LogP contribution is -2.38. The maximum Gasteiger partial charge on any atom is 0.228 e. The van der Waals surface area contributed by atoms with Gasteiger partial charge in [-0.1, -0.05) is 12.1 Å². The van der Waals surface area contributed by atoms with Crippen LogP contribution in [0.4, 0.5) is 4.39 Å². The van der Waals surface area contributed by atoms with Crippen molar-refractivity contribution in [2.45, 2.75) is 74.7 Å². The summed E-state index contributed by atoms with van der Waals surface area (Å²) in [5.74, 6) is -0.552. The highest BCUT2D eigenvalue weighted by Gasteiger charge is 2.36. The number of carbonyl (C=O) groups is 1. The highest BCUT2D eigenvalue weighted by atomic mass is 32.2. The molecule has 0 unspecified atom stereocenters. The molecule has 2 atom stereocenters. The summed E-state index contributed by atoms with van der Waals surface area (Å²) < 4.78 is 53.4. The van der Waals surface area contributed by atoms with Crippen molar-refractivity contribution in [3.05, 3.63) is 47.5 Å². The van der Waals surface area contributed by atoms with Crippen molar-refractivity contribution in [2.75, 3.05) is 19.8 Å². The second kappa shape index (κ2) is 10.4. The Hall–Kier alpha value is -2.30. The molecule has 2 aromatic rings. The van der Waals surface area contributed by atoms with E-state index in [-0.39, 0.29) is 41.5 Å². The Morgan fingerprint density at radius 1 is 1.06 bits per heavy atom. The Morgan fingerprint density at radius 3 is 2.37 bits per heavy atom. The molecule has 1 saturated carbocycles. The fourth-order valence-corrected chi connectivity index (χ4v) is 6.37. The number of halogens is 1. The van der Waals surface area contributed by atoms with E-state index in [1.807, 2.05) is 4.90 Å². The van der Waals surface area contributed by atoms with E-state index in [1.54, 1.807) is 10.8 Å². The molecular weight excluding hydrogens is 473 g/mol. The molecule has 0 bridgehead atoms. The van der Waals surface area contributed by atoms with Crippen LogP contribution in [0.25, 0.3) is 0 Å². The van der Waals surface area contributed by atoms with Gasteiger partial charge in [-0.2, -0.15) is 0 Å². The molecule has 35 heavy (non-hydrogen) atoms. The molecule has 0 N–H and O–H groups in total. The Kier molecular flexibility index (Phi) is 7.22. The van der Waals surface area contributed by atoms with Gasteiger partial charge in [-0.3, -0.25) is 4.79 Å². The van der Waals surface area contributed by atoms with Crippen LogP contribution >= 0.6 is 0 Å². The van der Waals surface area contributed by atoms with Crippen molar-refractivity contribution in [1.29, 1.82) is 0 Å². The standard InChI is InChI=1S/C25H32FN3O5S/c26-20-9-5-18(6-10-20)17-35(31,32)25-27-13-21(29(25)16-23-4-2-12-34-23)14-28(24(30)19-7-8-19)15-22-3-1-11-33-22/h5-6,9-10,13,19,22-23H,1-4,7-8,11-12,14-17H2/t22-,23-/m1/s1. The molecule has 190 valence electrons. The molecular formula is C25H32FN3O5S. The molecule has 0 spiro atoms. The average Bonchev–Trinajstić information content (AvgIpc) is 3.18. The molecule has 2 saturated heterocycles. The SMILES string of the molecule is O=C(C1CC1)N(Cc1cnc(S(=O)(=O)Cc2ccc(F)cc2)n1C[C@H]1CCCO1)C[C@H]1CCCO1. The summed E-state index contributed by atoms with van der Waals surface area (Å²) in [4.78, 5) is 19.2. The quantitative estimate of drug-likeness (QED) is 0.493. The van der Waals surface area contributed by atoms with E-state index in [4.69, 9.17) is 9.47 Å². The number of carbonyl (C=O) groups excluding carboxylic acids is 1. The molecule has 10 heteroatoms. The third-order valence-corrected chi connectivity index (χ3v) is 8.49. The molecule has 8 nitrogen and oxygen atoms in total. The van der Waals surface area contributed by atoms with Gasteiger partial charge in [-0.25, -0.2) is 17.8 Å². The lowest BCUT2D eigenvalue weighted by atomic mass is 10.2. The molecule has 1 aliphatic carbocycles. The molecule has 5 rings (SSSR count). The first kappa shape index (κ1) is 24.4. The number of sulfone groups is 1. The molecule has 1 amide bonds. The van der Waals surface area contributed by atoms with Crippen LogP contribution in [0.15, 0.2) is 35.6 Å². The number of hydrogen-bond donors (Lipinski definition) is 0.